The number of quaternary nitrogens is 1. The van der Waals surface area contributed by atoms with Crippen LogP contribution in [0.3, 0.4) is 0 Å². The van der Waals surface area contributed by atoms with E-state index in [1.807, 2.05) is 34.4 Å². The van der Waals surface area contributed by atoms with Crippen molar-refractivity contribution >= 4 is 17.8 Å². The molecule has 0 bridgehead atoms. The number of hydrogen-bond acceptors (Lipinski definition) is 2. The SMILES string of the molecule is Cc1nn(C[NH+]2CC=C(c3ccccc3)CC2)c(=S)n1-c1ccccc1. The Kier molecular flexibility index (Phi) is 4.82. The molecule has 26 heavy (non-hydrogen) atoms. The summed E-state index contributed by atoms with van der Waals surface area (Å²) in [5.74, 6) is 0.929. The van der Waals surface area contributed by atoms with Gasteiger partial charge in [0.25, 0.3) is 0 Å². The molecule has 0 saturated carbocycles. The summed E-state index contributed by atoms with van der Waals surface area (Å²) in [4.78, 5) is 1.48. The smallest absolute Gasteiger partial charge is 0.207 e. The van der Waals surface area contributed by atoms with Crippen LogP contribution in [-0.2, 0) is 6.67 Å². The molecular formula is C21H23N4S+. The molecule has 1 atom stereocenters. The summed E-state index contributed by atoms with van der Waals surface area (Å²) in [6.07, 6.45) is 3.45. The third-order valence-electron chi connectivity index (χ3n) is 4.92. The Balaban J connectivity index is 1.51. The Labute approximate surface area is 159 Å². The molecule has 1 aromatic heterocycles. The quantitative estimate of drug-likeness (QED) is 0.722. The lowest BCUT2D eigenvalue weighted by Gasteiger charge is -2.23. The molecule has 132 valence electrons. The lowest BCUT2D eigenvalue weighted by atomic mass is 10.00. The standard InChI is InChI=1S/C21H22N4S/c1-17-22-24(21(26)25(17)20-10-6-3-7-11-20)16-23-14-12-19(13-15-23)18-8-4-2-5-9-18/h2-12H,13-16H2,1H3/p+1. The Morgan fingerprint density at radius 3 is 2.38 bits per heavy atom. The molecule has 4 nitrogen and oxygen atoms in total. The van der Waals surface area contributed by atoms with Crippen LogP contribution in [0, 0.1) is 11.7 Å². The fraction of sp³-hybridized carbons (Fsp3) is 0.238. The number of rotatable bonds is 4. The molecule has 0 saturated heterocycles. The van der Waals surface area contributed by atoms with Gasteiger partial charge in [0.15, 0.2) is 6.67 Å². The van der Waals surface area contributed by atoms with E-state index < -0.39 is 0 Å². The van der Waals surface area contributed by atoms with Crippen molar-refractivity contribution in [2.75, 3.05) is 13.1 Å². The van der Waals surface area contributed by atoms with E-state index >= 15 is 0 Å². The van der Waals surface area contributed by atoms with Gasteiger partial charge in [0, 0.05) is 12.1 Å². The van der Waals surface area contributed by atoms with Crippen LogP contribution in [0.5, 0.6) is 0 Å². The van der Waals surface area contributed by atoms with Gasteiger partial charge in [0.2, 0.25) is 4.77 Å². The summed E-state index contributed by atoms with van der Waals surface area (Å²) in [5, 5.41) is 4.69. The van der Waals surface area contributed by atoms with E-state index in [-0.39, 0.29) is 0 Å². The average molecular weight is 364 g/mol. The van der Waals surface area contributed by atoms with E-state index in [0.29, 0.717) is 0 Å². The van der Waals surface area contributed by atoms with Crippen LogP contribution in [0.25, 0.3) is 11.3 Å². The summed E-state index contributed by atoms with van der Waals surface area (Å²) in [5.41, 5.74) is 3.86. The molecule has 5 heteroatoms. The topological polar surface area (TPSA) is 27.2 Å². The number of nitrogens with zero attached hydrogens (tertiary/aromatic N) is 3. The van der Waals surface area contributed by atoms with Gasteiger partial charge in [-0.15, -0.1) is 0 Å². The fourth-order valence-corrected chi connectivity index (χ4v) is 3.89. The van der Waals surface area contributed by atoms with E-state index in [4.69, 9.17) is 17.3 Å². The van der Waals surface area contributed by atoms with Crippen molar-refractivity contribution < 1.29 is 4.90 Å². The molecule has 0 aliphatic carbocycles. The fourth-order valence-electron chi connectivity index (χ4n) is 3.55. The highest BCUT2D eigenvalue weighted by molar-refractivity contribution is 7.71. The second-order valence-corrected chi connectivity index (χ2v) is 7.07. The molecule has 0 amide bonds. The summed E-state index contributed by atoms with van der Waals surface area (Å²) >= 11 is 5.70. The Hall–Kier alpha value is -2.50. The average Bonchev–Trinajstić information content (AvgIpc) is 2.97. The first kappa shape index (κ1) is 16.9. The van der Waals surface area contributed by atoms with E-state index in [0.717, 1.165) is 42.5 Å². The first-order valence-corrected chi connectivity index (χ1v) is 9.43. The monoisotopic (exact) mass is 363 g/mol. The molecule has 1 unspecified atom stereocenters. The van der Waals surface area contributed by atoms with Gasteiger partial charge >= 0.3 is 0 Å². The summed E-state index contributed by atoms with van der Waals surface area (Å²) < 4.78 is 4.78. The normalized spacial score (nSPS) is 17.1. The number of benzene rings is 2. The van der Waals surface area contributed by atoms with Gasteiger partial charge in [0.05, 0.1) is 13.1 Å². The van der Waals surface area contributed by atoms with E-state index in [2.05, 4.69) is 48.5 Å². The number of para-hydroxylation sites is 1. The molecule has 2 aromatic carbocycles. The zero-order valence-corrected chi connectivity index (χ0v) is 15.7. The van der Waals surface area contributed by atoms with Crippen LogP contribution in [0.15, 0.2) is 66.7 Å². The summed E-state index contributed by atoms with van der Waals surface area (Å²) in [6.45, 7) is 4.92. The minimum absolute atomic E-state index is 0.763. The maximum Gasteiger partial charge on any atom is 0.207 e. The molecule has 0 spiro atoms. The van der Waals surface area contributed by atoms with Gasteiger partial charge in [-0.2, -0.15) is 9.78 Å². The van der Waals surface area contributed by atoms with E-state index in [1.54, 1.807) is 0 Å². The van der Waals surface area contributed by atoms with Crippen molar-refractivity contribution in [2.24, 2.45) is 0 Å². The minimum Gasteiger partial charge on any atom is -0.313 e. The Bertz CT molecular complexity index is 970. The molecule has 1 aliphatic rings. The third kappa shape index (κ3) is 3.41. The molecule has 2 heterocycles. The van der Waals surface area contributed by atoms with Gasteiger partial charge in [-0.05, 0) is 48.5 Å². The molecule has 0 radical (unpaired) electrons. The largest absolute Gasteiger partial charge is 0.313 e. The maximum atomic E-state index is 5.70. The second-order valence-electron chi connectivity index (χ2n) is 6.71. The number of hydrogen-bond donors (Lipinski definition) is 1. The summed E-state index contributed by atoms with van der Waals surface area (Å²) in [7, 11) is 0. The molecule has 3 aromatic rings. The lowest BCUT2D eigenvalue weighted by molar-refractivity contribution is -0.918. The Morgan fingerprint density at radius 2 is 1.73 bits per heavy atom. The van der Waals surface area contributed by atoms with Gasteiger partial charge in [-0.3, -0.25) is 4.57 Å². The number of aryl methyl sites for hydroxylation is 1. The van der Waals surface area contributed by atoms with Crippen LogP contribution in [0.2, 0.25) is 0 Å². The van der Waals surface area contributed by atoms with E-state index in [1.165, 1.54) is 16.0 Å². The zero-order chi connectivity index (χ0) is 17.9. The van der Waals surface area contributed by atoms with Crippen molar-refractivity contribution in [3.05, 3.63) is 82.9 Å². The molecule has 1 aliphatic heterocycles. The maximum absolute atomic E-state index is 5.70. The highest BCUT2D eigenvalue weighted by Gasteiger charge is 2.18. The molecule has 0 fully saturated rings. The molecule has 4 rings (SSSR count). The van der Waals surface area contributed by atoms with Crippen molar-refractivity contribution in [3.63, 3.8) is 0 Å². The van der Waals surface area contributed by atoms with Gasteiger partial charge in [0.1, 0.15) is 5.82 Å². The summed E-state index contributed by atoms with van der Waals surface area (Å²) in [6, 6.07) is 20.9. The first-order chi connectivity index (χ1) is 12.7. The third-order valence-corrected chi connectivity index (χ3v) is 5.31. The predicted octanol–water partition coefficient (Wildman–Crippen LogP) is 3.04. The van der Waals surface area contributed by atoms with Gasteiger partial charge in [-0.1, -0.05) is 48.5 Å². The van der Waals surface area contributed by atoms with Crippen molar-refractivity contribution in [1.82, 2.24) is 14.3 Å². The minimum atomic E-state index is 0.763. The van der Waals surface area contributed by atoms with Gasteiger partial charge < -0.3 is 4.90 Å². The number of nitrogens with one attached hydrogen (secondary N) is 1. The van der Waals surface area contributed by atoms with Crippen LogP contribution in [0.1, 0.15) is 17.8 Å². The van der Waals surface area contributed by atoms with Crippen LogP contribution >= 0.6 is 12.2 Å². The zero-order valence-electron chi connectivity index (χ0n) is 14.9. The van der Waals surface area contributed by atoms with Crippen LogP contribution < -0.4 is 4.90 Å². The van der Waals surface area contributed by atoms with E-state index in [9.17, 15) is 0 Å². The predicted molar refractivity (Wildman–Crippen MR) is 107 cm³/mol. The van der Waals surface area contributed by atoms with Crippen LogP contribution in [-0.4, -0.2) is 27.4 Å². The van der Waals surface area contributed by atoms with Crippen LogP contribution in [0.4, 0.5) is 0 Å². The highest BCUT2D eigenvalue weighted by Crippen LogP contribution is 2.18. The molecule has 1 N–H and O–H groups in total. The second kappa shape index (κ2) is 7.40. The van der Waals surface area contributed by atoms with Gasteiger partial charge in [-0.25, -0.2) is 0 Å². The Morgan fingerprint density at radius 1 is 1.04 bits per heavy atom. The number of aromatic nitrogens is 3. The van der Waals surface area contributed by atoms with Crippen molar-refractivity contribution in [1.29, 1.82) is 0 Å². The lowest BCUT2D eigenvalue weighted by Crippen LogP contribution is -3.11. The van der Waals surface area contributed by atoms with Crippen molar-refractivity contribution in [3.8, 4) is 5.69 Å². The molecular weight excluding hydrogens is 340 g/mol. The van der Waals surface area contributed by atoms with Crippen molar-refractivity contribution in [2.45, 2.75) is 20.0 Å². The first-order valence-electron chi connectivity index (χ1n) is 9.02. The highest BCUT2D eigenvalue weighted by atomic mass is 32.1.